The first-order valence-corrected chi connectivity index (χ1v) is 6.03. The number of hydrogen-bond donors (Lipinski definition) is 1. The average molecular weight is 258 g/mol. The lowest BCUT2D eigenvalue weighted by Gasteiger charge is -2.07. The van der Waals surface area contributed by atoms with E-state index in [1.807, 2.05) is 37.3 Å². The Balaban J connectivity index is 2.43. The Morgan fingerprint density at radius 3 is 2.56 bits per heavy atom. The van der Waals surface area contributed by atoms with Crippen molar-refractivity contribution in [3.05, 3.63) is 47.0 Å². The van der Waals surface area contributed by atoms with Gasteiger partial charge >= 0.3 is 0 Å². The van der Waals surface area contributed by atoms with Gasteiger partial charge < -0.3 is 5.32 Å². The zero-order chi connectivity index (χ0) is 13.0. The molecule has 1 aromatic heterocycles. The van der Waals surface area contributed by atoms with Crippen molar-refractivity contribution in [1.29, 1.82) is 5.26 Å². The van der Waals surface area contributed by atoms with E-state index in [1.165, 1.54) is 0 Å². The molecule has 90 valence electrons. The Kier molecular flexibility index (Phi) is 3.81. The highest BCUT2D eigenvalue weighted by atomic mass is 35.5. The Morgan fingerprint density at radius 1 is 1.22 bits per heavy atom. The zero-order valence-corrected chi connectivity index (χ0v) is 10.7. The Labute approximate surface area is 111 Å². The lowest BCUT2D eigenvalue weighted by Crippen LogP contribution is -2.02. The number of halogens is 1. The molecule has 0 fully saturated rings. The highest BCUT2D eigenvalue weighted by molar-refractivity contribution is 6.30. The molecule has 1 aromatic carbocycles. The fraction of sp³-hybridized carbons (Fsp3) is 0.143. The van der Waals surface area contributed by atoms with Gasteiger partial charge in [0.2, 0.25) is 0 Å². The van der Waals surface area contributed by atoms with Crippen LogP contribution in [0.15, 0.2) is 36.4 Å². The van der Waals surface area contributed by atoms with E-state index in [0.717, 1.165) is 17.8 Å². The van der Waals surface area contributed by atoms with Gasteiger partial charge in [-0.2, -0.15) is 5.26 Å². The number of rotatable bonds is 3. The third-order valence-electron chi connectivity index (χ3n) is 2.50. The molecule has 0 unspecified atom stereocenters. The first-order chi connectivity index (χ1) is 8.74. The van der Waals surface area contributed by atoms with Crippen molar-refractivity contribution >= 4 is 17.4 Å². The van der Waals surface area contributed by atoms with Crippen LogP contribution in [0.2, 0.25) is 5.02 Å². The number of hydrogen-bond acceptors (Lipinski definition) is 3. The number of pyridine rings is 1. The maximum absolute atomic E-state index is 9.00. The fourth-order valence-electron chi connectivity index (χ4n) is 1.63. The van der Waals surface area contributed by atoms with Gasteiger partial charge in [-0.25, -0.2) is 4.98 Å². The second kappa shape index (κ2) is 5.52. The summed E-state index contributed by atoms with van der Waals surface area (Å²) in [5.41, 5.74) is 2.35. The largest absolute Gasteiger partial charge is 0.369 e. The smallest absolute Gasteiger partial charge is 0.144 e. The second-order valence-electron chi connectivity index (χ2n) is 3.74. The van der Waals surface area contributed by atoms with Crippen LogP contribution >= 0.6 is 11.6 Å². The molecule has 0 aliphatic heterocycles. The summed E-state index contributed by atoms with van der Waals surface area (Å²) in [6, 6.07) is 13.2. The zero-order valence-electron chi connectivity index (χ0n) is 9.94. The van der Waals surface area contributed by atoms with Crippen molar-refractivity contribution in [3.63, 3.8) is 0 Å². The second-order valence-corrected chi connectivity index (χ2v) is 4.18. The van der Waals surface area contributed by atoms with Gasteiger partial charge in [0.05, 0.1) is 11.3 Å². The molecule has 0 atom stereocenters. The van der Waals surface area contributed by atoms with Gasteiger partial charge in [0.1, 0.15) is 11.9 Å². The molecule has 0 amide bonds. The van der Waals surface area contributed by atoms with E-state index >= 15 is 0 Å². The summed E-state index contributed by atoms with van der Waals surface area (Å²) >= 11 is 5.85. The van der Waals surface area contributed by atoms with E-state index in [9.17, 15) is 0 Å². The van der Waals surface area contributed by atoms with E-state index in [1.54, 1.807) is 6.07 Å². The maximum Gasteiger partial charge on any atom is 0.144 e. The first kappa shape index (κ1) is 12.4. The van der Waals surface area contributed by atoms with Crippen LogP contribution in [-0.4, -0.2) is 11.5 Å². The molecule has 3 nitrogen and oxygen atoms in total. The summed E-state index contributed by atoms with van der Waals surface area (Å²) in [5.74, 6) is 0.618. The summed E-state index contributed by atoms with van der Waals surface area (Å²) < 4.78 is 0. The number of aromatic nitrogens is 1. The van der Waals surface area contributed by atoms with Crippen molar-refractivity contribution < 1.29 is 0 Å². The molecule has 1 N–H and O–H groups in total. The van der Waals surface area contributed by atoms with E-state index in [0.29, 0.717) is 16.4 Å². The quantitative estimate of drug-likeness (QED) is 0.912. The van der Waals surface area contributed by atoms with Crippen molar-refractivity contribution in [1.82, 2.24) is 4.98 Å². The lowest BCUT2D eigenvalue weighted by atomic mass is 10.1. The van der Waals surface area contributed by atoms with E-state index in [4.69, 9.17) is 16.9 Å². The number of benzene rings is 1. The van der Waals surface area contributed by atoms with Crippen molar-refractivity contribution in [2.75, 3.05) is 11.9 Å². The molecule has 2 rings (SSSR count). The molecule has 0 saturated carbocycles. The van der Waals surface area contributed by atoms with Crippen LogP contribution in [0.5, 0.6) is 0 Å². The number of nitriles is 1. The highest BCUT2D eigenvalue weighted by Gasteiger charge is 2.06. The van der Waals surface area contributed by atoms with Crippen LogP contribution in [0, 0.1) is 11.3 Å². The Bertz CT molecular complexity index is 585. The van der Waals surface area contributed by atoms with E-state index < -0.39 is 0 Å². The summed E-state index contributed by atoms with van der Waals surface area (Å²) in [6.07, 6.45) is 0. The monoisotopic (exact) mass is 257 g/mol. The summed E-state index contributed by atoms with van der Waals surface area (Å²) in [6.45, 7) is 2.70. The van der Waals surface area contributed by atoms with Gasteiger partial charge in [-0.05, 0) is 31.2 Å². The fourth-order valence-corrected chi connectivity index (χ4v) is 1.76. The van der Waals surface area contributed by atoms with Gasteiger partial charge in [0, 0.05) is 17.1 Å². The molecule has 0 radical (unpaired) electrons. The number of anilines is 1. The minimum atomic E-state index is 0.551. The van der Waals surface area contributed by atoms with Crippen LogP contribution in [0.1, 0.15) is 12.5 Å². The van der Waals surface area contributed by atoms with Crippen LogP contribution in [0.4, 0.5) is 5.82 Å². The topological polar surface area (TPSA) is 48.7 Å². The molecule has 0 bridgehead atoms. The highest BCUT2D eigenvalue weighted by Crippen LogP contribution is 2.22. The Morgan fingerprint density at radius 2 is 1.94 bits per heavy atom. The van der Waals surface area contributed by atoms with Crippen molar-refractivity contribution in [3.8, 4) is 17.3 Å². The maximum atomic E-state index is 9.00. The van der Waals surface area contributed by atoms with Gasteiger partial charge in [-0.3, -0.25) is 0 Å². The molecule has 4 heteroatoms. The third kappa shape index (κ3) is 2.61. The van der Waals surface area contributed by atoms with Crippen LogP contribution in [-0.2, 0) is 0 Å². The van der Waals surface area contributed by atoms with Crippen molar-refractivity contribution in [2.24, 2.45) is 0 Å². The predicted octanol–water partition coefficient (Wildman–Crippen LogP) is 3.71. The molecule has 0 saturated heterocycles. The third-order valence-corrected chi connectivity index (χ3v) is 2.75. The van der Waals surface area contributed by atoms with Crippen LogP contribution in [0.25, 0.3) is 11.3 Å². The van der Waals surface area contributed by atoms with Gasteiger partial charge in [0.15, 0.2) is 0 Å². The summed E-state index contributed by atoms with van der Waals surface area (Å²) in [5, 5.41) is 12.8. The minimum absolute atomic E-state index is 0.551. The summed E-state index contributed by atoms with van der Waals surface area (Å²) in [7, 11) is 0. The first-order valence-electron chi connectivity index (χ1n) is 5.65. The van der Waals surface area contributed by atoms with Gasteiger partial charge in [0.25, 0.3) is 0 Å². The normalized spacial score (nSPS) is 9.83. The lowest BCUT2D eigenvalue weighted by molar-refractivity contribution is 1.15. The molecule has 18 heavy (non-hydrogen) atoms. The van der Waals surface area contributed by atoms with Gasteiger partial charge in [-0.1, -0.05) is 23.7 Å². The van der Waals surface area contributed by atoms with E-state index in [-0.39, 0.29) is 0 Å². The molecule has 0 aliphatic carbocycles. The molecule has 2 aromatic rings. The van der Waals surface area contributed by atoms with Crippen LogP contribution in [0.3, 0.4) is 0 Å². The molecule has 0 aliphatic rings. The number of nitrogens with one attached hydrogen (secondary N) is 1. The van der Waals surface area contributed by atoms with Crippen LogP contribution < -0.4 is 5.32 Å². The number of nitrogens with zero attached hydrogens (tertiary/aromatic N) is 2. The van der Waals surface area contributed by atoms with E-state index in [2.05, 4.69) is 16.4 Å². The standard InChI is InChI=1S/C14H12ClN3/c1-2-17-14-11(9-16)5-8-13(18-14)10-3-6-12(15)7-4-10/h3-8H,2H2,1H3,(H,17,18). The molecule has 0 spiro atoms. The SMILES string of the molecule is CCNc1nc(-c2ccc(Cl)cc2)ccc1C#N. The predicted molar refractivity (Wildman–Crippen MR) is 73.6 cm³/mol. The molecular weight excluding hydrogens is 246 g/mol. The summed E-state index contributed by atoms with van der Waals surface area (Å²) in [4.78, 5) is 4.46. The van der Waals surface area contributed by atoms with Gasteiger partial charge in [-0.15, -0.1) is 0 Å². The minimum Gasteiger partial charge on any atom is -0.369 e. The average Bonchev–Trinajstić information content (AvgIpc) is 2.40. The molecule has 1 heterocycles. The van der Waals surface area contributed by atoms with Crippen molar-refractivity contribution in [2.45, 2.75) is 6.92 Å². The Hall–Kier alpha value is -2.05. The molecular formula is C14H12ClN3.